The van der Waals surface area contributed by atoms with E-state index in [0.29, 0.717) is 0 Å². The first-order valence-electron chi connectivity index (χ1n) is 11.5. The summed E-state index contributed by atoms with van der Waals surface area (Å²) in [5, 5.41) is -0.196. The van der Waals surface area contributed by atoms with E-state index in [1.165, 1.54) is 7.11 Å². The molecule has 3 aliphatic rings. The zero-order chi connectivity index (χ0) is 25.3. The summed E-state index contributed by atoms with van der Waals surface area (Å²) in [5.74, 6) is -1.33. The lowest BCUT2D eigenvalue weighted by atomic mass is 9.70. The van der Waals surface area contributed by atoms with Gasteiger partial charge in [0.25, 0.3) is 0 Å². The van der Waals surface area contributed by atoms with Gasteiger partial charge in [-0.2, -0.15) is 0 Å². The molecular formula is C23H40O8Si2. The molecule has 0 radical (unpaired) electrons. The molecule has 0 spiro atoms. The fraction of sp³-hybridized carbons (Fsp3) is 0.826. The Labute approximate surface area is 199 Å². The van der Waals surface area contributed by atoms with Gasteiger partial charge in [0.05, 0.1) is 18.8 Å². The minimum absolute atomic E-state index is 0.0591. The molecular weight excluding hydrogens is 460 g/mol. The topological polar surface area (TPSA) is 89.5 Å². The Morgan fingerprint density at radius 1 is 1.00 bits per heavy atom. The number of hydrogen-bond donors (Lipinski definition) is 0. The van der Waals surface area contributed by atoms with Crippen molar-refractivity contribution in [2.45, 2.75) is 101 Å². The quantitative estimate of drug-likeness (QED) is 0.414. The van der Waals surface area contributed by atoms with E-state index >= 15 is 0 Å². The number of ether oxygens (including phenoxy) is 4. The Morgan fingerprint density at radius 2 is 1.55 bits per heavy atom. The molecule has 4 atom stereocenters. The van der Waals surface area contributed by atoms with Crippen LogP contribution in [0.15, 0.2) is 11.6 Å². The fourth-order valence-electron chi connectivity index (χ4n) is 4.10. The van der Waals surface area contributed by atoms with Gasteiger partial charge in [0, 0.05) is 0 Å². The Kier molecular flexibility index (Phi) is 6.43. The molecule has 2 aliphatic heterocycles. The van der Waals surface area contributed by atoms with Crippen molar-refractivity contribution in [2.75, 3.05) is 20.5 Å². The Hall–Kier alpha value is -1.05. The molecule has 0 amide bonds. The number of hydrogen-bond acceptors (Lipinski definition) is 8. The minimum Gasteiger partial charge on any atom is -0.466 e. The predicted octanol–water partition coefficient (Wildman–Crippen LogP) is 3.92. The highest BCUT2D eigenvalue weighted by molar-refractivity contribution is 6.74. The van der Waals surface area contributed by atoms with Crippen molar-refractivity contribution in [2.24, 2.45) is 0 Å². The van der Waals surface area contributed by atoms with Crippen LogP contribution >= 0.6 is 0 Å². The second-order valence-electron chi connectivity index (χ2n) is 12.3. The van der Waals surface area contributed by atoms with Crippen molar-refractivity contribution < 1.29 is 37.4 Å². The van der Waals surface area contributed by atoms with E-state index < -0.39 is 52.0 Å². The highest BCUT2D eigenvalue weighted by Gasteiger charge is 2.78. The van der Waals surface area contributed by atoms with Gasteiger partial charge < -0.3 is 27.8 Å². The third kappa shape index (κ3) is 3.86. The third-order valence-electron chi connectivity index (χ3n) is 8.23. The highest BCUT2D eigenvalue weighted by Crippen LogP contribution is 2.56. The van der Waals surface area contributed by atoms with E-state index in [-0.39, 0.29) is 29.0 Å². The summed E-state index contributed by atoms with van der Waals surface area (Å²) in [6.07, 6.45) is 0.317. The molecule has 1 aliphatic carbocycles. The van der Waals surface area contributed by atoms with Crippen LogP contribution in [-0.4, -0.2) is 72.5 Å². The highest BCUT2D eigenvalue weighted by atomic mass is 28.4. The first kappa shape index (κ1) is 26.6. The van der Waals surface area contributed by atoms with Crippen LogP contribution < -0.4 is 0 Å². The average molecular weight is 501 g/mol. The summed E-state index contributed by atoms with van der Waals surface area (Å²) in [7, 11) is -3.42. The van der Waals surface area contributed by atoms with Crippen LogP contribution in [0.4, 0.5) is 0 Å². The SMILES string of the molecule is COC(=O)C1=C[C@H](O[Si](C)(C)C(C)(C)C)[C@H](O[Si](C)(C)C(C)(C)C)[C@]23COC(=O)[C@]12OCO3. The summed E-state index contributed by atoms with van der Waals surface area (Å²) in [6.45, 7) is 21.2. The molecule has 0 bridgehead atoms. The van der Waals surface area contributed by atoms with Crippen LogP contribution in [0.5, 0.6) is 0 Å². The van der Waals surface area contributed by atoms with E-state index in [9.17, 15) is 9.59 Å². The van der Waals surface area contributed by atoms with Gasteiger partial charge in [0.1, 0.15) is 19.5 Å². The van der Waals surface area contributed by atoms with E-state index in [1.54, 1.807) is 6.08 Å². The first-order valence-corrected chi connectivity index (χ1v) is 17.3. The zero-order valence-electron chi connectivity index (χ0n) is 21.9. The van der Waals surface area contributed by atoms with Crippen molar-refractivity contribution in [3.8, 4) is 0 Å². The van der Waals surface area contributed by atoms with Gasteiger partial charge in [0.15, 0.2) is 22.2 Å². The Morgan fingerprint density at radius 3 is 2.06 bits per heavy atom. The standard InChI is InChI=1S/C23H40O8Si2/c1-20(2,3)32(8,9)30-16-12-15(18(24)26-7)23-19(25)27-13-22(23,28-14-29-23)17(16)31-33(10,11)21(4,5)6/h12,16-17H,13-14H2,1-11H3/t16-,17-,22+,23+/m0/s1. The molecule has 2 saturated heterocycles. The van der Waals surface area contributed by atoms with E-state index in [1.807, 2.05) is 0 Å². The largest absolute Gasteiger partial charge is 0.466 e. The maximum Gasteiger partial charge on any atom is 0.346 e. The van der Waals surface area contributed by atoms with Gasteiger partial charge in [0.2, 0.25) is 5.60 Å². The van der Waals surface area contributed by atoms with Gasteiger partial charge in [-0.3, -0.25) is 0 Å². The lowest BCUT2D eigenvalue weighted by Crippen LogP contribution is -2.71. The Bertz CT molecular complexity index is 854. The van der Waals surface area contributed by atoms with Crippen molar-refractivity contribution >= 4 is 28.6 Å². The number of cyclic esters (lactones) is 1. The molecule has 0 aromatic carbocycles. The van der Waals surface area contributed by atoms with Crippen LogP contribution in [0.1, 0.15) is 41.5 Å². The van der Waals surface area contributed by atoms with E-state index in [0.717, 1.165) is 0 Å². The average Bonchev–Trinajstić information content (AvgIpc) is 3.18. The van der Waals surface area contributed by atoms with Crippen LogP contribution in [0.2, 0.25) is 36.3 Å². The van der Waals surface area contributed by atoms with E-state index in [2.05, 4.69) is 67.7 Å². The molecule has 2 heterocycles. The van der Waals surface area contributed by atoms with Gasteiger partial charge in [-0.1, -0.05) is 41.5 Å². The summed E-state index contributed by atoms with van der Waals surface area (Å²) in [5.41, 5.74) is -3.02. The summed E-state index contributed by atoms with van der Waals surface area (Å²) < 4.78 is 36.4. The number of rotatable bonds is 5. The van der Waals surface area contributed by atoms with Crippen LogP contribution in [0.25, 0.3) is 0 Å². The van der Waals surface area contributed by atoms with Crippen molar-refractivity contribution in [1.29, 1.82) is 0 Å². The Balaban J connectivity index is 2.23. The third-order valence-corrected chi connectivity index (χ3v) is 17.2. The van der Waals surface area contributed by atoms with Gasteiger partial charge >= 0.3 is 11.9 Å². The molecule has 0 N–H and O–H groups in total. The number of carbonyl (C=O) groups is 2. The molecule has 3 rings (SSSR count). The maximum atomic E-state index is 13.1. The van der Waals surface area contributed by atoms with Crippen LogP contribution in [0.3, 0.4) is 0 Å². The molecule has 0 unspecified atom stereocenters. The zero-order valence-corrected chi connectivity index (χ0v) is 23.9. The monoisotopic (exact) mass is 500 g/mol. The molecule has 0 aromatic rings. The van der Waals surface area contributed by atoms with Crippen LogP contribution in [-0.2, 0) is 37.4 Å². The summed E-state index contributed by atoms with van der Waals surface area (Å²) in [4.78, 5) is 26.1. The second-order valence-corrected chi connectivity index (χ2v) is 21.8. The normalized spacial score (nSPS) is 32.7. The predicted molar refractivity (Wildman–Crippen MR) is 128 cm³/mol. The number of methoxy groups -OCH3 is 1. The van der Waals surface area contributed by atoms with Crippen molar-refractivity contribution in [3.05, 3.63) is 11.6 Å². The van der Waals surface area contributed by atoms with Crippen LogP contribution in [0, 0.1) is 0 Å². The van der Waals surface area contributed by atoms with Crippen molar-refractivity contribution in [3.63, 3.8) is 0 Å². The van der Waals surface area contributed by atoms with Gasteiger partial charge in [-0.25, -0.2) is 9.59 Å². The fourth-order valence-corrected chi connectivity index (χ4v) is 6.64. The first-order chi connectivity index (χ1) is 14.9. The number of esters is 2. The smallest absolute Gasteiger partial charge is 0.346 e. The summed E-state index contributed by atoms with van der Waals surface area (Å²) in [6, 6.07) is 0. The molecule has 2 fully saturated rings. The lowest BCUT2D eigenvalue weighted by molar-refractivity contribution is -0.159. The van der Waals surface area contributed by atoms with Gasteiger partial charge in [-0.05, 0) is 42.3 Å². The molecule has 0 aromatic heterocycles. The summed E-state index contributed by atoms with van der Waals surface area (Å²) >= 11 is 0. The molecule has 10 heteroatoms. The molecule has 33 heavy (non-hydrogen) atoms. The lowest BCUT2D eigenvalue weighted by Gasteiger charge is -2.52. The number of carbonyl (C=O) groups excluding carboxylic acids is 2. The van der Waals surface area contributed by atoms with E-state index in [4.69, 9.17) is 27.8 Å². The second kappa shape index (κ2) is 7.99. The molecule has 8 nitrogen and oxygen atoms in total. The van der Waals surface area contributed by atoms with Gasteiger partial charge in [-0.15, -0.1) is 0 Å². The maximum absolute atomic E-state index is 13.1. The molecule has 0 saturated carbocycles. The molecule has 188 valence electrons. The minimum atomic E-state index is -2.38. The van der Waals surface area contributed by atoms with Crippen molar-refractivity contribution in [1.82, 2.24) is 0 Å².